The summed E-state index contributed by atoms with van der Waals surface area (Å²) in [6, 6.07) is 8.26. The lowest BCUT2D eigenvalue weighted by Crippen LogP contribution is -2.39. The summed E-state index contributed by atoms with van der Waals surface area (Å²) in [6.45, 7) is 8.86. The maximum atomic E-state index is 12.8. The summed E-state index contributed by atoms with van der Waals surface area (Å²) in [5.41, 5.74) is -0.583. The molecule has 0 unspecified atom stereocenters. The lowest BCUT2D eigenvalue weighted by atomic mass is 9.92. The molecule has 21 heavy (non-hydrogen) atoms. The van der Waals surface area contributed by atoms with Gasteiger partial charge in [0.2, 0.25) is 5.91 Å². The van der Waals surface area contributed by atoms with Crippen molar-refractivity contribution in [3.05, 3.63) is 30.3 Å². The van der Waals surface area contributed by atoms with E-state index in [0.29, 0.717) is 19.0 Å². The fourth-order valence-electron chi connectivity index (χ4n) is 3.05. The minimum atomic E-state index is -3.66. The Morgan fingerprint density at radius 1 is 1.24 bits per heavy atom. The monoisotopic (exact) mass is 309 g/mol. The number of carbonyl (C=O) groups is 1. The van der Waals surface area contributed by atoms with Crippen molar-refractivity contribution >= 4 is 15.7 Å². The molecular formula is C16H23NO3S. The first kappa shape index (κ1) is 16.0. The predicted molar refractivity (Wildman–Crippen MR) is 82.6 cm³/mol. The topological polar surface area (TPSA) is 54.5 Å². The van der Waals surface area contributed by atoms with E-state index in [2.05, 4.69) is 0 Å². The van der Waals surface area contributed by atoms with Crippen LogP contribution >= 0.6 is 0 Å². The van der Waals surface area contributed by atoms with Gasteiger partial charge in [-0.3, -0.25) is 4.79 Å². The standard InChI is InChI=1S/C16H23NO3S/c1-12(2)10-17-11-16(3,4)14(15(17)18)21(19,20)13-8-6-5-7-9-13/h5-9,12,14H,10-11H2,1-4H3/t14-/m1/s1. The first-order valence-corrected chi connectivity index (χ1v) is 8.78. The van der Waals surface area contributed by atoms with Gasteiger partial charge >= 0.3 is 0 Å². The van der Waals surface area contributed by atoms with E-state index < -0.39 is 20.5 Å². The molecule has 2 rings (SSSR count). The van der Waals surface area contributed by atoms with Crippen LogP contribution in [0.15, 0.2) is 35.2 Å². The predicted octanol–water partition coefficient (Wildman–Crippen LogP) is 2.35. The molecule has 5 heteroatoms. The molecule has 1 amide bonds. The van der Waals surface area contributed by atoms with Crippen molar-refractivity contribution in [3.63, 3.8) is 0 Å². The fourth-order valence-corrected chi connectivity index (χ4v) is 5.18. The Kier molecular flexibility index (Phi) is 4.15. The Labute approximate surface area is 127 Å². The number of sulfone groups is 1. The van der Waals surface area contributed by atoms with Crippen LogP contribution < -0.4 is 0 Å². The van der Waals surface area contributed by atoms with Gasteiger partial charge < -0.3 is 4.90 Å². The van der Waals surface area contributed by atoms with Crippen LogP contribution in [-0.2, 0) is 14.6 Å². The van der Waals surface area contributed by atoms with E-state index in [0.717, 1.165) is 0 Å². The molecule has 1 fully saturated rings. The summed E-state index contributed by atoms with van der Waals surface area (Å²) >= 11 is 0. The molecule has 0 saturated carbocycles. The molecule has 1 saturated heterocycles. The lowest BCUT2D eigenvalue weighted by molar-refractivity contribution is -0.127. The molecule has 4 nitrogen and oxygen atoms in total. The Morgan fingerprint density at radius 3 is 2.33 bits per heavy atom. The highest BCUT2D eigenvalue weighted by Crippen LogP contribution is 2.38. The Hall–Kier alpha value is -1.36. The second-order valence-electron chi connectivity index (χ2n) is 6.84. The molecule has 1 aromatic carbocycles. The molecule has 0 bridgehead atoms. The van der Waals surface area contributed by atoms with Gasteiger partial charge in [0, 0.05) is 18.5 Å². The van der Waals surface area contributed by atoms with E-state index >= 15 is 0 Å². The molecule has 1 aliphatic rings. The molecule has 0 aromatic heterocycles. The smallest absolute Gasteiger partial charge is 0.241 e. The molecule has 0 aliphatic carbocycles. The Balaban J connectivity index is 2.41. The summed E-state index contributed by atoms with van der Waals surface area (Å²) in [4.78, 5) is 14.5. The van der Waals surface area contributed by atoms with Crippen LogP contribution in [-0.4, -0.2) is 37.6 Å². The van der Waals surface area contributed by atoms with Crippen molar-refractivity contribution in [1.29, 1.82) is 0 Å². The van der Waals surface area contributed by atoms with Crippen LogP contribution in [0.1, 0.15) is 27.7 Å². The van der Waals surface area contributed by atoms with Crippen molar-refractivity contribution in [1.82, 2.24) is 4.90 Å². The van der Waals surface area contributed by atoms with E-state index in [1.165, 1.54) is 0 Å². The largest absolute Gasteiger partial charge is 0.341 e. The number of amides is 1. The second-order valence-corrected chi connectivity index (χ2v) is 8.87. The zero-order chi connectivity index (χ0) is 15.8. The zero-order valence-corrected chi connectivity index (χ0v) is 13.9. The number of hydrogen-bond donors (Lipinski definition) is 0. The quantitative estimate of drug-likeness (QED) is 0.858. The Morgan fingerprint density at radius 2 is 1.81 bits per heavy atom. The van der Waals surface area contributed by atoms with Crippen molar-refractivity contribution in [2.24, 2.45) is 11.3 Å². The van der Waals surface area contributed by atoms with E-state index in [4.69, 9.17) is 0 Å². The SMILES string of the molecule is CC(C)CN1CC(C)(C)[C@H](S(=O)(=O)c2ccccc2)C1=O. The highest BCUT2D eigenvalue weighted by molar-refractivity contribution is 7.92. The zero-order valence-electron chi connectivity index (χ0n) is 13.0. The maximum Gasteiger partial charge on any atom is 0.241 e. The average molecular weight is 309 g/mol. The molecule has 1 heterocycles. The van der Waals surface area contributed by atoms with Gasteiger partial charge in [0.15, 0.2) is 15.1 Å². The third-order valence-electron chi connectivity index (χ3n) is 3.81. The molecule has 0 N–H and O–H groups in total. The summed E-state index contributed by atoms with van der Waals surface area (Å²) in [5.74, 6) is 0.0560. The fraction of sp³-hybridized carbons (Fsp3) is 0.562. The summed E-state index contributed by atoms with van der Waals surface area (Å²) in [6.07, 6.45) is 0. The van der Waals surface area contributed by atoms with Crippen LogP contribution in [0.2, 0.25) is 0 Å². The molecule has 1 aromatic rings. The lowest BCUT2D eigenvalue weighted by Gasteiger charge is -2.23. The number of rotatable bonds is 4. The van der Waals surface area contributed by atoms with E-state index in [1.54, 1.807) is 35.2 Å². The molecule has 0 radical (unpaired) electrons. The molecule has 1 aliphatic heterocycles. The average Bonchev–Trinajstić information content (AvgIpc) is 2.59. The number of hydrogen-bond acceptors (Lipinski definition) is 3. The minimum Gasteiger partial charge on any atom is -0.341 e. The van der Waals surface area contributed by atoms with Gasteiger partial charge in [-0.05, 0) is 18.1 Å². The van der Waals surface area contributed by atoms with Crippen LogP contribution in [0.4, 0.5) is 0 Å². The van der Waals surface area contributed by atoms with E-state index in [9.17, 15) is 13.2 Å². The van der Waals surface area contributed by atoms with Gasteiger partial charge in [0.05, 0.1) is 4.90 Å². The highest BCUT2D eigenvalue weighted by Gasteiger charge is 2.53. The number of nitrogens with zero attached hydrogens (tertiary/aromatic N) is 1. The van der Waals surface area contributed by atoms with Gasteiger partial charge in [-0.1, -0.05) is 45.9 Å². The summed E-state index contributed by atoms with van der Waals surface area (Å²) in [7, 11) is -3.66. The van der Waals surface area contributed by atoms with Gasteiger partial charge in [-0.15, -0.1) is 0 Å². The maximum absolute atomic E-state index is 12.8. The number of carbonyl (C=O) groups excluding carboxylic acids is 1. The summed E-state index contributed by atoms with van der Waals surface area (Å²) < 4.78 is 25.7. The van der Waals surface area contributed by atoms with E-state index in [1.807, 2.05) is 27.7 Å². The third-order valence-corrected chi connectivity index (χ3v) is 6.20. The second kappa shape index (κ2) is 5.44. The molecular weight excluding hydrogens is 286 g/mol. The number of likely N-dealkylation sites (tertiary alicyclic amines) is 1. The van der Waals surface area contributed by atoms with Gasteiger partial charge in [-0.2, -0.15) is 0 Å². The van der Waals surface area contributed by atoms with Crippen molar-refractivity contribution in [2.75, 3.05) is 13.1 Å². The first-order valence-electron chi connectivity index (χ1n) is 7.24. The van der Waals surface area contributed by atoms with Crippen LogP contribution in [0.25, 0.3) is 0 Å². The first-order chi connectivity index (χ1) is 9.66. The van der Waals surface area contributed by atoms with Crippen molar-refractivity contribution in [2.45, 2.75) is 37.8 Å². The van der Waals surface area contributed by atoms with Gasteiger partial charge in [0.25, 0.3) is 0 Å². The summed E-state index contributed by atoms with van der Waals surface area (Å²) in [5, 5.41) is -0.994. The van der Waals surface area contributed by atoms with Crippen molar-refractivity contribution < 1.29 is 13.2 Å². The molecule has 116 valence electrons. The van der Waals surface area contributed by atoms with Gasteiger partial charge in [-0.25, -0.2) is 8.42 Å². The Bertz CT molecular complexity index is 620. The van der Waals surface area contributed by atoms with E-state index in [-0.39, 0.29) is 10.8 Å². The molecule has 1 atom stereocenters. The van der Waals surface area contributed by atoms with Crippen molar-refractivity contribution in [3.8, 4) is 0 Å². The highest BCUT2D eigenvalue weighted by atomic mass is 32.2. The van der Waals surface area contributed by atoms with Crippen LogP contribution in [0, 0.1) is 11.3 Å². The normalized spacial score (nSPS) is 22.0. The number of benzene rings is 1. The minimum absolute atomic E-state index is 0.225. The van der Waals surface area contributed by atoms with Crippen LogP contribution in [0.5, 0.6) is 0 Å². The molecule has 0 spiro atoms. The van der Waals surface area contributed by atoms with Gasteiger partial charge in [0.1, 0.15) is 0 Å². The van der Waals surface area contributed by atoms with Crippen LogP contribution in [0.3, 0.4) is 0 Å². The third kappa shape index (κ3) is 2.98.